The van der Waals surface area contributed by atoms with Crippen molar-refractivity contribution in [2.24, 2.45) is 0 Å². The molecule has 31 heavy (non-hydrogen) atoms. The van der Waals surface area contributed by atoms with Gasteiger partial charge in [-0.1, -0.05) is 63.3 Å². The lowest BCUT2D eigenvalue weighted by Gasteiger charge is -2.14. The molecule has 1 unspecified atom stereocenters. The predicted molar refractivity (Wildman–Crippen MR) is 124 cm³/mol. The molecule has 0 radical (unpaired) electrons. The summed E-state index contributed by atoms with van der Waals surface area (Å²) in [7, 11) is -4.15. The van der Waals surface area contributed by atoms with Crippen molar-refractivity contribution in [3.8, 4) is 0 Å². The monoisotopic (exact) mass is 462 g/mol. The van der Waals surface area contributed by atoms with Gasteiger partial charge in [-0.05, 0) is 45.4 Å². The third kappa shape index (κ3) is 22.0. The number of phosphoric acid groups is 1. The van der Waals surface area contributed by atoms with Gasteiger partial charge in [-0.25, -0.2) is 4.57 Å². The predicted octanol–water partition coefficient (Wildman–Crippen LogP) is 5.86. The zero-order valence-corrected chi connectivity index (χ0v) is 20.3. The van der Waals surface area contributed by atoms with Gasteiger partial charge in [0.15, 0.2) is 0 Å². The van der Waals surface area contributed by atoms with Gasteiger partial charge in [0.25, 0.3) is 0 Å². The summed E-state index contributed by atoms with van der Waals surface area (Å²) in [6.07, 6.45) is 20.4. The average molecular weight is 463 g/mol. The first-order valence-corrected chi connectivity index (χ1v) is 13.2. The van der Waals surface area contributed by atoms with Crippen LogP contribution in [0.25, 0.3) is 0 Å². The fraction of sp³-hybridized carbons (Fsp3) is 0.783. The highest BCUT2D eigenvalue weighted by Crippen LogP contribution is 2.42. The molecule has 0 bridgehead atoms. The van der Waals surface area contributed by atoms with Crippen LogP contribution in [0, 0.1) is 0 Å². The van der Waals surface area contributed by atoms with Gasteiger partial charge >= 0.3 is 13.8 Å². The van der Waals surface area contributed by atoms with Crippen LogP contribution in [0.15, 0.2) is 24.3 Å². The van der Waals surface area contributed by atoms with Gasteiger partial charge < -0.3 is 14.7 Å². The molecule has 0 aromatic rings. The van der Waals surface area contributed by atoms with Crippen LogP contribution in [0.4, 0.5) is 0 Å². The number of rotatable bonds is 21. The maximum Gasteiger partial charge on any atom is 0.472 e. The highest BCUT2D eigenvalue weighted by molar-refractivity contribution is 7.47. The van der Waals surface area contributed by atoms with Crippen LogP contribution in [0.1, 0.15) is 90.9 Å². The second-order valence-electron chi connectivity index (χ2n) is 7.50. The molecule has 0 aliphatic rings. The van der Waals surface area contributed by atoms with Crippen LogP contribution in [0.2, 0.25) is 0 Å². The summed E-state index contributed by atoms with van der Waals surface area (Å²) in [5.74, 6) is -0.387. The number of unbranched alkanes of at least 4 members (excludes halogenated alkanes) is 8. The number of hydrogen-bond donors (Lipinski definition) is 2. The first kappa shape index (κ1) is 30.0. The van der Waals surface area contributed by atoms with E-state index in [1.807, 2.05) is 0 Å². The molecule has 0 spiro atoms. The molecule has 8 heteroatoms. The van der Waals surface area contributed by atoms with Crippen molar-refractivity contribution in [1.29, 1.82) is 0 Å². The van der Waals surface area contributed by atoms with Gasteiger partial charge in [0.1, 0.15) is 12.7 Å². The summed E-state index contributed by atoms with van der Waals surface area (Å²) in [5, 5.41) is 9.63. The fourth-order valence-electron chi connectivity index (χ4n) is 2.77. The van der Waals surface area contributed by atoms with E-state index in [1.165, 1.54) is 25.7 Å². The Bertz CT molecular complexity index is 534. The maximum absolute atomic E-state index is 11.7. The largest absolute Gasteiger partial charge is 0.472 e. The van der Waals surface area contributed by atoms with Crippen molar-refractivity contribution in [1.82, 2.24) is 0 Å². The number of carbonyl (C=O) groups is 1. The first-order valence-electron chi connectivity index (χ1n) is 11.7. The molecule has 0 fully saturated rings. The molecular formula is C23H43O7P. The number of allylic oxidation sites excluding steroid dienone is 4. The van der Waals surface area contributed by atoms with Gasteiger partial charge in [0.2, 0.25) is 0 Å². The molecule has 182 valence electrons. The average Bonchev–Trinajstić information content (AvgIpc) is 2.73. The molecule has 0 rings (SSSR count). The van der Waals surface area contributed by atoms with E-state index in [0.717, 1.165) is 44.9 Å². The summed E-state index contributed by atoms with van der Waals surface area (Å²) in [4.78, 5) is 20.9. The molecule has 0 saturated carbocycles. The van der Waals surface area contributed by atoms with E-state index in [-0.39, 0.29) is 19.2 Å². The highest BCUT2D eigenvalue weighted by Gasteiger charge is 2.22. The quantitative estimate of drug-likeness (QED) is 0.0953. The summed E-state index contributed by atoms with van der Waals surface area (Å²) in [6, 6.07) is 0. The van der Waals surface area contributed by atoms with Crippen molar-refractivity contribution in [2.45, 2.75) is 97.0 Å². The Kier molecular flexibility index (Phi) is 20.2. The number of hydrogen-bond acceptors (Lipinski definition) is 6. The lowest BCUT2D eigenvalue weighted by Crippen LogP contribution is -2.23. The van der Waals surface area contributed by atoms with Crippen LogP contribution >= 0.6 is 7.82 Å². The molecule has 2 atom stereocenters. The number of aliphatic hydroxyl groups is 1. The normalized spacial score (nSPS) is 14.8. The number of aliphatic hydroxyl groups excluding tert-OH is 1. The maximum atomic E-state index is 11.7. The van der Waals surface area contributed by atoms with E-state index >= 15 is 0 Å². The molecule has 7 nitrogen and oxygen atoms in total. The van der Waals surface area contributed by atoms with Crippen LogP contribution in [-0.4, -0.2) is 41.9 Å². The second kappa shape index (κ2) is 20.9. The molecule has 0 aliphatic carbocycles. The minimum atomic E-state index is -4.15. The molecule has 0 aliphatic heterocycles. The van der Waals surface area contributed by atoms with E-state index in [0.29, 0.717) is 6.42 Å². The summed E-state index contributed by atoms with van der Waals surface area (Å²) in [6.45, 7) is 3.08. The third-order valence-corrected chi connectivity index (χ3v) is 5.55. The molecule has 0 aromatic carbocycles. The minimum absolute atomic E-state index is 0.0202. The number of carbonyl (C=O) groups excluding carboxylic acids is 1. The van der Waals surface area contributed by atoms with E-state index in [4.69, 9.17) is 4.74 Å². The summed E-state index contributed by atoms with van der Waals surface area (Å²) >= 11 is 0. The molecule has 0 aromatic heterocycles. The Labute approximate surface area is 188 Å². The molecule has 2 N–H and O–H groups in total. The standard InChI is InChI=1S/C23H43O7P/c1-3-5-6-7-8-9-10-11-12-13-14-15-16-17-18-19-23(25)28-20-22(24)21-30-31(26,27)29-4-2/h8-9,11-12,22,24H,3-7,10,13-21H2,1-2H3,(H,26,27)/b9-8-,12-11-/t22-/m1/s1. The molecule has 0 amide bonds. The Morgan fingerprint density at radius 1 is 0.871 bits per heavy atom. The number of ether oxygens (including phenoxy) is 1. The zero-order chi connectivity index (χ0) is 23.2. The Balaban J connectivity index is 3.51. The van der Waals surface area contributed by atoms with Gasteiger partial charge in [0.05, 0.1) is 13.2 Å². The Morgan fingerprint density at radius 3 is 2.13 bits per heavy atom. The fourth-order valence-corrected chi connectivity index (χ4v) is 3.53. The van der Waals surface area contributed by atoms with Crippen LogP contribution in [0.5, 0.6) is 0 Å². The van der Waals surface area contributed by atoms with Gasteiger partial charge in [-0.15, -0.1) is 0 Å². The van der Waals surface area contributed by atoms with Crippen LogP contribution < -0.4 is 0 Å². The SMILES string of the molecule is CCCCC/C=C\C/C=C\CCCCCCCC(=O)OC[C@@H](O)COP(=O)(O)OCC. The summed E-state index contributed by atoms with van der Waals surface area (Å²) < 4.78 is 25.4. The van der Waals surface area contributed by atoms with Gasteiger partial charge in [0, 0.05) is 6.42 Å². The molecule has 0 saturated heterocycles. The Morgan fingerprint density at radius 2 is 1.48 bits per heavy atom. The van der Waals surface area contributed by atoms with E-state index in [1.54, 1.807) is 6.92 Å². The van der Waals surface area contributed by atoms with Gasteiger partial charge in [-0.2, -0.15) is 0 Å². The van der Waals surface area contributed by atoms with E-state index < -0.39 is 20.5 Å². The second-order valence-corrected chi connectivity index (χ2v) is 8.95. The topological polar surface area (TPSA) is 102 Å². The number of phosphoric ester groups is 1. The zero-order valence-electron chi connectivity index (χ0n) is 19.4. The number of esters is 1. The first-order chi connectivity index (χ1) is 14.9. The van der Waals surface area contributed by atoms with Crippen molar-refractivity contribution >= 4 is 13.8 Å². The summed E-state index contributed by atoms with van der Waals surface area (Å²) in [5.41, 5.74) is 0. The van der Waals surface area contributed by atoms with Crippen molar-refractivity contribution in [3.63, 3.8) is 0 Å². The van der Waals surface area contributed by atoms with Crippen LogP contribution in [0.3, 0.4) is 0 Å². The minimum Gasteiger partial charge on any atom is -0.463 e. The lowest BCUT2D eigenvalue weighted by molar-refractivity contribution is -0.147. The van der Waals surface area contributed by atoms with Crippen molar-refractivity contribution in [3.05, 3.63) is 24.3 Å². The lowest BCUT2D eigenvalue weighted by atomic mass is 10.1. The Hall–Kier alpha value is -0.980. The molecule has 0 heterocycles. The smallest absolute Gasteiger partial charge is 0.463 e. The third-order valence-electron chi connectivity index (χ3n) is 4.49. The van der Waals surface area contributed by atoms with E-state index in [9.17, 15) is 19.4 Å². The van der Waals surface area contributed by atoms with Crippen molar-refractivity contribution < 1.29 is 33.1 Å². The van der Waals surface area contributed by atoms with E-state index in [2.05, 4.69) is 40.3 Å². The molecular weight excluding hydrogens is 419 g/mol. The highest BCUT2D eigenvalue weighted by atomic mass is 31.2. The van der Waals surface area contributed by atoms with Crippen LogP contribution in [-0.2, 0) is 23.1 Å². The van der Waals surface area contributed by atoms with Gasteiger partial charge in [-0.3, -0.25) is 13.8 Å². The van der Waals surface area contributed by atoms with Crippen molar-refractivity contribution in [2.75, 3.05) is 19.8 Å².